The van der Waals surface area contributed by atoms with Crippen LogP contribution in [0.5, 0.6) is 0 Å². The van der Waals surface area contributed by atoms with E-state index in [9.17, 15) is 5.11 Å². The molecule has 2 aliphatic heterocycles. The molecule has 4 saturated carbocycles. The number of ether oxygens (including phenoxy) is 1. The lowest BCUT2D eigenvalue weighted by atomic mass is 9.56. The van der Waals surface area contributed by atoms with Crippen LogP contribution < -0.4 is 5.32 Å². The van der Waals surface area contributed by atoms with Gasteiger partial charge in [0.15, 0.2) is 0 Å². The molecule has 2 N–H and O–H groups in total. The van der Waals surface area contributed by atoms with Crippen molar-refractivity contribution < 1.29 is 9.84 Å². The molecule has 0 aromatic rings. The van der Waals surface area contributed by atoms with Crippen LogP contribution in [0.1, 0.15) is 85.5 Å². The normalized spacial score (nSPS) is 64.1. The summed E-state index contributed by atoms with van der Waals surface area (Å²) in [6, 6.07) is 0.567. The first-order valence-corrected chi connectivity index (χ1v) is 13.5. The Kier molecular flexibility index (Phi) is 3.87. The third kappa shape index (κ3) is 2.19. The zero-order valence-corrected chi connectivity index (χ0v) is 20.1. The van der Waals surface area contributed by atoms with Crippen molar-refractivity contribution >= 4 is 0 Å². The predicted octanol–water partition coefficient (Wildman–Crippen LogP) is 5.08. The summed E-state index contributed by atoms with van der Waals surface area (Å²) in [5.74, 6) is 4.03. The Morgan fingerprint density at radius 2 is 1.94 bits per heavy atom. The van der Waals surface area contributed by atoms with Gasteiger partial charge in [0, 0.05) is 17.4 Å². The summed E-state index contributed by atoms with van der Waals surface area (Å²) in [5.41, 5.74) is 2.96. The Labute approximate surface area is 188 Å². The van der Waals surface area contributed by atoms with Crippen LogP contribution in [-0.4, -0.2) is 35.5 Å². The largest absolute Gasteiger partial charge is 0.389 e. The van der Waals surface area contributed by atoms with E-state index in [2.05, 4.69) is 39.1 Å². The van der Waals surface area contributed by atoms with Gasteiger partial charge < -0.3 is 15.2 Å². The number of aliphatic hydroxyl groups is 1. The minimum atomic E-state index is -0.193. The zero-order valence-electron chi connectivity index (χ0n) is 20.1. The quantitative estimate of drug-likeness (QED) is 0.532. The maximum atomic E-state index is 10.3. The number of rotatable bonds is 0. The van der Waals surface area contributed by atoms with Gasteiger partial charge >= 0.3 is 0 Å². The van der Waals surface area contributed by atoms with Gasteiger partial charge in [-0.2, -0.15) is 0 Å². The summed E-state index contributed by atoms with van der Waals surface area (Å²) < 4.78 is 7.23. The van der Waals surface area contributed by atoms with Crippen molar-refractivity contribution in [2.24, 2.45) is 45.8 Å². The number of aliphatic hydroxyl groups excluding tert-OH is 1. The van der Waals surface area contributed by atoms with Gasteiger partial charge in [0.05, 0.1) is 17.8 Å². The summed E-state index contributed by atoms with van der Waals surface area (Å²) in [4.78, 5) is 0. The Bertz CT molecular complexity index is 839. The second-order valence-electron chi connectivity index (χ2n) is 13.6. The molecule has 172 valence electrons. The molecule has 12 atom stereocenters. The van der Waals surface area contributed by atoms with Gasteiger partial charge in [-0.05, 0) is 98.8 Å². The van der Waals surface area contributed by atoms with Gasteiger partial charge in [0.25, 0.3) is 0 Å². The number of hydrogen-bond donors (Lipinski definition) is 2. The molecule has 2 saturated heterocycles. The number of piperidine rings is 1. The fourth-order valence-corrected chi connectivity index (χ4v) is 11.1. The van der Waals surface area contributed by atoms with Gasteiger partial charge in [-0.1, -0.05) is 39.3 Å². The second kappa shape index (κ2) is 5.99. The molecule has 0 radical (unpaired) electrons. The minimum Gasteiger partial charge on any atom is -0.389 e. The third-order valence-corrected chi connectivity index (χ3v) is 12.8. The summed E-state index contributed by atoms with van der Waals surface area (Å²) in [6.07, 6.45) is 14.0. The molecule has 31 heavy (non-hydrogen) atoms. The van der Waals surface area contributed by atoms with E-state index in [-0.39, 0.29) is 11.7 Å². The second-order valence-corrected chi connectivity index (χ2v) is 13.6. The lowest BCUT2D eigenvalue weighted by Gasteiger charge is -2.50. The van der Waals surface area contributed by atoms with Crippen LogP contribution in [0.4, 0.5) is 0 Å². The first-order chi connectivity index (χ1) is 14.7. The van der Waals surface area contributed by atoms with E-state index < -0.39 is 0 Å². The van der Waals surface area contributed by atoms with E-state index in [0.29, 0.717) is 34.3 Å². The molecule has 7 aliphatic rings. The highest BCUT2D eigenvalue weighted by Gasteiger charge is 2.84. The van der Waals surface area contributed by atoms with E-state index in [1.807, 2.05) is 0 Å². The van der Waals surface area contributed by atoms with Gasteiger partial charge in [-0.15, -0.1) is 0 Å². The van der Waals surface area contributed by atoms with E-state index >= 15 is 0 Å². The van der Waals surface area contributed by atoms with Crippen molar-refractivity contribution in [1.82, 2.24) is 5.32 Å². The van der Waals surface area contributed by atoms with Gasteiger partial charge in [-0.25, -0.2) is 0 Å². The fourth-order valence-electron chi connectivity index (χ4n) is 11.1. The number of hydrogen-bond acceptors (Lipinski definition) is 3. The van der Waals surface area contributed by atoms with Crippen molar-refractivity contribution in [3.63, 3.8) is 0 Å². The molecule has 5 aliphatic carbocycles. The van der Waals surface area contributed by atoms with E-state index in [1.165, 1.54) is 57.9 Å². The Morgan fingerprint density at radius 3 is 2.77 bits per heavy atom. The highest BCUT2D eigenvalue weighted by atomic mass is 16.5. The predicted molar refractivity (Wildman–Crippen MR) is 122 cm³/mol. The highest BCUT2D eigenvalue weighted by molar-refractivity contribution is 5.35. The molecule has 3 heteroatoms. The fraction of sp³-hybridized carbons (Fsp3) is 0.929. The van der Waals surface area contributed by atoms with Crippen LogP contribution >= 0.6 is 0 Å². The maximum Gasteiger partial charge on any atom is 0.0787 e. The molecule has 6 fully saturated rings. The van der Waals surface area contributed by atoms with Crippen LogP contribution in [-0.2, 0) is 4.74 Å². The van der Waals surface area contributed by atoms with Crippen LogP contribution in [0.3, 0.4) is 0 Å². The van der Waals surface area contributed by atoms with Crippen molar-refractivity contribution in [3.8, 4) is 0 Å². The molecule has 2 heterocycles. The summed E-state index contributed by atoms with van der Waals surface area (Å²) in [5, 5.41) is 14.2. The number of allylic oxidation sites excluding steroid dienone is 1. The molecule has 0 aromatic carbocycles. The van der Waals surface area contributed by atoms with Crippen molar-refractivity contribution in [1.29, 1.82) is 0 Å². The molecular weight excluding hydrogens is 382 g/mol. The molecule has 3 nitrogen and oxygen atoms in total. The Morgan fingerprint density at radius 1 is 1.10 bits per heavy atom. The standard InChI is InChI=1S/C28H43NO2/c1-16-11-23-24(29-14-16)17(2)28(31-23)10-8-21-20-6-5-18-12-19(30)7-9-25(18,3)22(20)13-27(21)15-26(27,28)4/h12,16-17,19-24,29-30H,5-11,13-15H2,1-4H3/t16-,17+,19-,20-,21-,22-,23+,24-,25-,26?,27?,28?/m0/s1. The van der Waals surface area contributed by atoms with Crippen molar-refractivity contribution in [2.45, 2.75) is 109 Å². The van der Waals surface area contributed by atoms with Crippen molar-refractivity contribution in [2.75, 3.05) is 6.54 Å². The summed E-state index contributed by atoms with van der Waals surface area (Å²) in [6.45, 7) is 11.3. The SMILES string of the molecule is C[C@@H]1CN[C@H]2[C@@H](C)C3(CC[C@H]4[C@@H]5CCC6=C[C@@H](O)CC[C@]6(C)[C@H]5CC45CC53C)O[C@@H]2C1. The molecule has 3 unspecified atom stereocenters. The lowest BCUT2D eigenvalue weighted by molar-refractivity contribution is -0.147. The van der Waals surface area contributed by atoms with E-state index in [1.54, 1.807) is 5.57 Å². The van der Waals surface area contributed by atoms with Crippen LogP contribution in [0.2, 0.25) is 0 Å². The molecular formula is C28H43NO2. The summed E-state index contributed by atoms with van der Waals surface area (Å²) in [7, 11) is 0. The number of fused-ring (bicyclic) bond motifs is 6. The van der Waals surface area contributed by atoms with Crippen LogP contribution in [0.25, 0.3) is 0 Å². The molecule has 0 aromatic heterocycles. The van der Waals surface area contributed by atoms with Gasteiger partial charge in [0.1, 0.15) is 0 Å². The van der Waals surface area contributed by atoms with Crippen molar-refractivity contribution in [3.05, 3.63) is 11.6 Å². The average molecular weight is 426 g/mol. The highest BCUT2D eigenvalue weighted by Crippen LogP contribution is 2.87. The zero-order chi connectivity index (χ0) is 21.4. The van der Waals surface area contributed by atoms with Gasteiger partial charge in [0.2, 0.25) is 0 Å². The van der Waals surface area contributed by atoms with Gasteiger partial charge in [-0.3, -0.25) is 0 Å². The monoisotopic (exact) mass is 425 g/mol. The Balaban J connectivity index is 1.24. The first-order valence-electron chi connectivity index (χ1n) is 13.5. The topological polar surface area (TPSA) is 41.5 Å². The molecule has 0 amide bonds. The maximum absolute atomic E-state index is 10.3. The Hall–Kier alpha value is -0.380. The third-order valence-electron chi connectivity index (χ3n) is 12.8. The smallest absolute Gasteiger partial charge is 0.0787 e. The molecule has 2 spiro atoms. The lowest BCUT2D eigenvalue weighted by Crippen LogP contribution is -2.53. The molecule has 0 bridgehead atoms. The van der Waals surface area contributed by atoms with E-state index in [0.717, 1.165) is 30.1 Å². The minimum absolute atomic E-state index is 0.103. The number of nitrogens with one attached hydrogen (secondary N) is 1. The summed E-state index contributed by atoms with van der Waals surface area (Å²) >= 11 is 0. The van der Waals surface area contributed by atoms with Crippen LogP contribution in [0, 0.1) is 45.8 Å². The first kappa shape index (κ1) is 20.0. The van der Waals surface area contributed by atoms with E-state index in [4.69, 9.17) is 4.74 Å². The molecule has 7 rings (SSSR count). The average Bonchev–Trinajstić information content (AvgIpc) is 3.08. The van der Waals surface area contributed by atoms with Crippen LogP contribution in [0.15, 0.2) is 11.6 Å².